The number of hydrogen-bond acceptors (Lipinski definition) is 3. The van der Waals surface area contributed by atoms with E-state index in [2.05, 4.69) is 31.0 Å². The molecule has 1 saturated heterocycles. The zero-order valence-electron chi connectivity index (χ0n) is 9.92. The Hall–Kier alpha value is -0.120. The molecule has 0 radical (unpaired) electrons. The van der Waals surface area contributed by atoms with Crippen molar-refractivity contribution in [3.8, 4) is 0 Å². The van der Waals surface area contributed by atoms with Crippen LogP contribution in [0.1, 0.15) is 27.2 Å². The fraction of sp³-hybridized carbons (Fsp3) is 1.00. The first-order chi connectivity index (χ1) is 6.67. The minimum absolute atomic E-state index is 0.391. The van der Waals surface area contributed by atoms with Gasteiger partial charge in [-0.2, -0.15) is 0 Å². The van der Waals surface area contributed by atoms with Crippen molar-refractivity contribution in [3.05, 3.63) is 0 Å². The average Bonchev–Trinajstić information content (AvgIpc) is 2.18. The van der Waals surface area contributed by atoms with E-state index in [1.807, 2.05) is 7.05 Å². The summed E-state index contributed by atoms with van der Waals surface area (Å²) >= 11 is 0. The van der Waals surface area contributed by atoms with E-state index in [4.69, 9.17) is 4.74 Å². The van der Waals surface area contributed by atoms with E-state index in [1.54, 1.807) is 0 Å². The second-order valence-corrected chi connectivity index (χ2v) is 4.35. The van der Waals surface area contributed by atoms with E-state index in [0.717, 1.165) is 19.7 Å². The van der Waals surface area contributed by atoms with Gasteiger partial charge >= 0.3 is 0 Å². The van der Waals surface area contributed by atoms with Gasteiger partial charge in [-0.15, -0.1) is 0 Å². The first kappa shape index (κ1) is 12.0. The summed E-state index contributed by atoms with van der Waals surface area (Å²) in [5, 5.41) is 3.29. The van der Waals surface area contributed by atoms with Crippen LogP contribution in [0, 0.1) is 0 Å². The van der Waals surface area contributed by atoms with Crippen LogP contribution in [0.25, 0.3) is 0 Å². The minimum atomic E-state index is 0.391. The molecule has 0 amide bonds. The van der Waals surface area contributed by atoms with Gasteiger partial charge in [0.1, 0.15) is 0 Å². The second kappa shape index (κ2) is 5.69. The first-order valence-corrected chi connectivity index (χ1v) is 5.70. The summed E-state index contributed by atoms with van der Waals surface area (Å²) < 4.78 is 5.66. The van der Waals surface area contributed by atoms with Crippen LogP contribution in [0.15, 0.2) is 0 Å². The number of nitrogens with one attached hydrogen (secondary N) is 1. The Morgan fingerprint density at radius 2 is 2.29 bits per heavy atom. The van der Waals surface area contributed by atoms with Crippen LogP contribution in [-0.2, 0) is 4.74 Å². The van der Waals surface area contributed by atoms with Crippen molar-refractivity contribution in [1.82, 2.24) is 10.2 Å². The van der Waals surface area contributed by atoms with Gasteiger partial charge in [0.05, 0.1) is 12.7 Å². The van der Waals surface area contributed by atoms with Gasteiger partial charge < -0.3 is 10.1 Å². The van der Waals surface area contributed by atoms with Crippen LogP contribution in [0.4, 0.5) is 0 Å². The van der Waals surface area contributed by atoms with Gasteiger partial charge in [-0.25, -0.2) is 0 Å². The van der Waals surface area contributed by atoms with Crippen molar-refractivity contribution in [3.63, 3.8) is 0 Å². The molecule has 84 valence electrons. The van der Waals surface area contributed by atoms with Crippen LogP contribution in [0.5, 0.6) is 0 Å². The molecule has 1 fully saturated rings. The molecule has 0 aliphatic carbocycles. The zero-order valence-corrected chi connectivity index (χ0v) is 9.92. The summed E-state index contributed by atoms with van der Waals surface area (Å²) in [5.74, 6) is 0. The lowest BCUT2D eigenvalue weighted by molar-refractivity contribution is -0.0577. The number of hydrogen-bond donors (Lipinski definition) is 1. The maximum Gasteiger partial charge on any atom is 0.0674 e. The highest BCUT2D eigenvalue weighted by atomic mass is 16.5. The lowest BCUT2D eigenvalue weighted by Gasteiger charge is -2.39. The highest BCUT2D eigenvalue weighted by Crippen LogP contribution is 2.14. The van der Waals surface area contributed by atoms with Gasteiger partial charge in [0.15, 0.2) is 0 Å². The summed E-state index contributed by atoms with van der Waals surface area (Å²) in [7, 11) is 2.02. The summed E-state index contributed by atoms with van der Waals surface area (Å²) in [6.45, 7) is 9.72. The molecule has 1 aliphatic heterocycles. The third kappa shape index (κ3) is 3.23. The Balaban J connectivity index is 2.44. The fourth-order valence-electron chi connectivity index (χ4n) is 1.96. The van der Waals surface area contributed by atoms with Crippen molar-refractivity contribution in [2.75, 3.05) is 26.7 Å². The molecule has 1 rings (SSSR count). The molecule has 1 N–H and O–H groups in total. The highest BCUT2D eigenvalue weighted by molar-refractivity contribution is 4.80. The Bertz CT molecular complexity index is 163. The second-order valence-electron chi connectivity index (χ2n) is 4.35. The maximum atomic E-state index is 5.66. The molecule has 3 atom stereocenters. The molecule has 0 spiro atoms. The van der Waals surface area contributed by atoms with E-state index < -0.39 is 0 Å². The minimum Gasteiger partial charge on any atom is -0.376 e. The molecule has 3 unspecified atom stereocenters. The molecule has 0 aromatic heterocycles. The van der Waals surface area contributed by atoms with Crippen molar-refractivity contribution >= 4 is 0 Å². The van der Waals surface area contributed by atoms with Crippen molar-refractivity contribution in [1.29, 1.82) is 0 Å². The summed E-state index contributed by atoms with van der Waals surface area (Å²) in [6, 6.07) is 1.18. The third-order valence-electron chi connectivity index (χ3n) is 3.05. The van der Waals surface area contributed by atoms with Gasteiger partial charge in [0.25, 0.3) is 0 Å². The number of nitrogens with zero attached hydrogens (tertiary/aromatic N) is 1. The van der Waals surface area contributed by atoms with Crippen LogP contribution >= 0.6 is 0 Å². The first-order valence-electron chi connectivity index (χ1n) is 5.70. The smallest absolute Gasteiger partial charge is 0.0674 e. The van der Waals surface area contributed by atoms with Crippen LogP contribution in [-0.4, -0.2) is 49.8 Å². The number of ether oxygens (including phenoxy) is 1. The van der Waals surface area contributed by atoms with Gasteiger partial charge in [-0.1, -0.05) is 6.92 Å². The number of likely N-dealkylation sites (N-methyl/N-ethyl adjacent to an activating group) is 1. The maximum absolute atomic E-state index is 5.66. The van der Waals surface area contributed by atoms with Crippen LogP contribution < -0.4 is 5.32 Å². The summed E-state index contributed by atoms with van der Waals surface area (Å²) in [5.41, 5.74) is 0. The third-order valence-corrected chi connectivity index (χ3v) is 3.05. The SMILES string of the molecule is CCC1COC(C)CN1CC(C)NC. The largest absolute Gasteiger partial charge is 0.376 e. The Labute approximate surface area is 87.8 Å². The van der Waals surface area contributed by atoms with Gasteiger partial charge in [0, 0.05) is 25.2 Å². The van der Waals surface area contributed by atoms with E-state index in [0.29, 0.717) is 18.2 Å². The van der Waals surface area contributed by atoms with E-state index in [-0.39, 0.29) is 0 Å². The van der Waals surface area contributed by atoms with Gasteiger partial charge in [0.2, 0.25) is 0 Å². The van der Waals surface area contributed by atoms with Crippen molar-refractivity contribution < 1.29 is 4.74 Å². The van der Waals surface area contributed by atoms with Crippen molar-refractivity contribution in [2.24, 2.45) is 0 Å². The molecule has 14 heavy (non-hydrogen) atoms. The highest BCUT2D eigenvalue weighted by Gasteiger charge is 2.25. The predicted octanol–water partition coefficient (Wildman–Crippen LogP) is 1.09. The van der Waals surface area contributed by atoms with E-state index in [1.165, 1.54) is 6.42 Å². The molecule has 0 aromatic rings. The monoisotopic (exact) mass is 200 g/mol. The fourth-order valence-corrected chi connectivity index (χ4v) is 1.96. The number of morpholine rings is 1. The summed E-state index contributed by atoms with van der Waals surface area (Å²) in [6.07, 6.45) is 1.57. The Kier molecular flexibility index (Phi) is 4.85. The van der Waals surface area contributed by atoms with Crippen LogP contribution in [0.2, 0.25) is 0 Å². The van der Waals surface area contributed by atoms with Crippen LogP contribution in [0.3, 0.4) is 0 Å². The van der Waals surface area contributed by atoms with E-state index >= 15 is 0 Å². The molecular weight excluding hydrogens is 176 g/mol. The lowest BCUT2D eigenvalue weighted by atomic mass is 10.1. The Morgan fingerprint density at radius 1 is 1.57 bits per heavy atom. The Morgan fingerprint density at radius 3 is 2.86 bits per heavy atom. The van der Waals surface area contributed by atoms with E-state index in [9.17, 15) is 0 Å². The quantitative estimate of drug-likeness (QED) is 0.735. The molecule has 0 aromatic carbocycles. The molecular formula is C11H24N2O. The zero-order chi connectivity index (χ0) is 10.6. The summed E-state index contributed by atoms with van der Waals surface area (Å²) in [4.78, 5) is 2.55. The van der Waals surface area contributed by atoms with Gasteiger partial charge in [-0.05, 0) is 27.3 Å². The molecule has 1 heterocycles. The number of rotatable bonds is 4. The molecule has 0 bridgehead atoms. The normalized spacial score (nSPS) is 31.7. The average molecular weight is 200 g/mol. The van der Waals surface area contributed by atoms with Gasteiger partial charge in [-0.3, -0.25) is 4.90 Å². The lowest BCUT2D eigenvalue weighted by Crippen LogP contribution is -2.52. The topological polar surface area (TPSA) is 24.5 Å². The van der Waals surface area contributed by atoms with Crippen molar-refractivity contribution in [2.45, 2.75) is 45.4 Å². The molecule has 3 heteroatoms. The molecule has 1 aliphatic rings. The molecule has 0 saturated carbocycles. The standard InChI is InChI=1S/C11H24N2O/c1-5-11-8-14-10(3)7-13(11)6-9(2)12-4/h9-12H,5-8H2,1-4H3. The molecule has 3 nitrogen and oxygen atoms in total. The predicted molar refractivity (Wildman–Crippen MR) is 59.6 cm³/mol.